The van der Waals surface area contributed by atoms with E-state index < -0.39 is 5.76 Å². The normalized spacial score (nSPS) is 11.2. The van der Waals surface area contributed by atoms with Crippen LogP contribution in [-0.4, -0.2) is 24.1 Å². The molecule has 0 N–H and O–H groups in total. The molecule has 0 fully saturated rings. The van der Waals surface area contributed by atoms with Crippen LogP contribution in [-0.2, 0) is 6.54 Å². The van der Waals surface area contributed by atoms with Gasteiger partial charge in [-0.15, -0.1) is 11.3 Å². The molecule has 0 aliphatic carbocycles. The van der Waals surface area contributed by atoms with Gasteiger partial charge >= 0.3 is 5.76 Å². The molecule has 4 aromatic rings. The number of imidazole rings is 1. The topological polar surface area (TPSA) is 78.2 Å². The molecule has 0 bridgehead atoms. The first kappa shape index (κ1) is 12.0. The predicted molar refractivity (Wildman–Crippen MR) is 76.2 cm³/mol. The van der Waals surface area contributed by atoms with Gasteiger partial charge in [0.15, 0.2) is 10.8 Å². The largest absolute Gasteiger partial charge is 0.442 e. The second-order valence-corrected chi connectivity index (χ2v) is 5.30. The lowest BCUT2D eigenvalue weighted by atomic mass is 10.2. The molecule has 21 heavy (non-hydrogen) atoms. The number of aromatic nitrogens is 5. The highest BCUT2D eigenvalue weighted by atomic mass is 32.1. The Hall–Kier alpha value is -2.74. The zero-order valence-corrected chi connectivity index (χ0v) is 11.5. The molecule has 4 heterocycles. The lowest BCUT2D eigenvalue weighted by Gasteiger charge is -2.01. The third-order valence-corrected chi connectivity index (χ3v) is 3.84. The van der Waals surface area contributed by atoms with E-state index in [1.807, 2.05) is 28.2 Å². The van der Waals surface area contributed by atoms with Gasteiger partial charge in [0.25, 0.3) is 0 Å². The van der Waals surface area contributed by atoms with Crippen molar-refractivity contribution in [3.8, 4) is 11.4 Å². The molecule has 0 aliphatic rings. The maximum Gasteiger partial charge on any atom is 0.442 e. The van der Waals surface area contributed by atoms with E-state index in [-0.39, 0.29) is 0 Å². The molecule has 0 aromatic carbocycles. The van der Waals surface area contributed by atoms with E-state index >= 15 is 0 Å². The van der Waals surface area contributed by atoms with Crippen LogP contribution in [0.4, 0.5) is 0 Å². The van der Waals surface area contributed by atoms with Crippen molar-refractivity contribution in [1.29, 1.82) is 0 Å². The molecule has 0 spiro atoms. The van der Waals surface area contributed by atoms with Gasteiger partial charge in [-0.2, -0.15) is 0 Å². The zero-order chi connectivity index (χ0) is 14.2. The molecule has 0 unspecified atom stereocenters. The Balaban J connectivity index is 1.77. The van der Waals surface area contributed by atoms with Crippen LogP contribution in [0.2, 0.25) is 0 Å². The summed E-state index contributed by atoms with van der Waals surface area (Å²) < 4.78 is 8.14. The third-order valence-electron chi connectivity index (χ3n) is 3.07. The molecule has 0 aliphatic heterocycles. The summed E-state index contributed by atoms with van der Waals surface area (Å²) in [5.74, 6) is -0.0605. The van der Waals surface area contributed by atoms with Crippen LogP contribution in [0.3, 0.4) is 0 Å². The molecule has 4 aromatic heterocycles. The fraction of sp³-hybridized carbons (Fsp3) is 0.0769. The van der Waals surface area contributed by atoms with E-state index in [0.29, 0.717) is 12.4 Å². The van der Waals surface area contributed by atoms with Gasteiger partial charge in [-0.05, 0) is 12.1 Å². The van der Waals surface area contributed by atoms with Crippen molar-refractivity contribution in [3.63, 3.8) is 0 Å². The maximum atomic E-state index is 11.9. The van der Waals surface area contributed by atoms with Crippen molar-refractivity contribution in [2.45, 2.75) is 6.54 Å². The first-order chi connectivity index (χ1) is 10.3. The van der Waals surface area contributed by atoms with Gasteiger partial charge in [0.2, 0.25) is 0 Å². The van der Waals surface area contributed by atoms with Crippen molar-refractivity contribution in [1.82, 2.24) is 24.1 Å². The van der Waals surface area contributed by atoms with Crippen LogP contribution < -0.4 is 5.76 Å². The number of thiazole rings is 1. The van der Waals surface area contributed by atoms with Crippen molar-refractivity contribution in [2.24, 2.45) is 0 Å². The summed E-state index contributed by atoms with van der Waals surface area (Å²) in [7, 11) is 0. The highest BCUT2D eigenvalue weighted by molar-refractivity contribution is 7.15. The summed E-state index contributed by atoms with van der Waals surface area (Å²) in [6.07, 6.45) is 7.11. The summed E-state index contributed by atoms with van der Waals surface area (Å²) in [5.41, 5.74) is 1.50. The minimum Gasteiger partial charge on any atom is -0.297 e. The van der Waals surface area contributed by atoms with Gasteiger partial charge in [-0.25, -0.2) is 9.78 Å². The van der Waals surface area contributed by atoms with E-state index in [0.717, 1.165) is 16.2 Å². The Morgan fingerprint density at radius 2 is 2.33 bits per heavy atom. The minimum atomic E-state index is -0.509. The molecule has 8 heteroatoms. The highest BCUT2D eigenvalue weighted by Crippen LogP contribution is 2.16. The van der Waals surface area contributed by atoms with E-state index in [9.17, 15) is 4.79 Å². The summed E-state index contributed by atoms with van der Waals surface area (Å²) in [6, 6.07) is 3.61. The van der Waals surface area contributed by atoms with Crippen LogP contribution >= 0.6 is 11.3 Å². The average Bonchev–Trinajstić information content (AvgIpc) is 3.16. The average molecular weight is 299 g/mol. The molecule has 7 nitrogen and oxygen atoms in total. The number of fused-ring (bicyclic) bond motifs is 1. The van der Waals surface area contributed by atoms with Crippen molar-refractivity contribution < 1.29 is 4.52 Å². The van der Waals surface area contributed by atoms with Crippen molar-refractivity contribution >= 4 is 16.3 Å². The molecule has 0 amide bonds. The Morgan fingerprint density at radius 1 is 1.38 bits per heavy atom. The number of hydrogen-bond donors (Lipinski definition) is 0. The lowest BCUT2D eigenvalue weighted by molar-refractivity contribution is 0.378. The zero-order valence-electron chi connectivity index (χ0n) is 10.7. The highest BCUT2D eigenvalue weighted by Gasteiger charge is 2.14. The fourth-order valence-electron chi connectivity index (χ4n) is 2.12. The van der Waals surface area contributed by atoms with Gasteiger partial charge < -0.3 is 0 Å². The number of pyridine rings is 1. The molecule has 104 valence electrons. The van der Waals surface area contributed by atoms with Crippen molar-refractivity contribution in [3.05, 3.63) is 58.5 Å². The summed E-state index contributed by atoms with van der Waals surface area (Å²) in [4.78, 5) is 21.2. The number of hydrogen-bond acceptors (Lipinski definition) is 6. The Morgan fingerprint density at radius 3 is 3.14 bits per heavy atom. The van der Waals surface area contributed by atoms with Gasteiger partial charge in [0.1, 0.15) is 0 Å². The molecule has 4 rings (SSSR count). The molecular formula is C13H9N5O2S. The van der Waals surface area contributed by atoms with Crippen LogP contribution in [0.1, 0.15) is 5.69 Å². The SMILES string of the molecule is O=c1onc(-c2cccnc2)n1Cc1cn2ccsc2n1. The van der Waals surface area contributed by atoms with Crippen LogP contribution in [0.25, 0.3) is 16.3 Å². The van der Waals surface area contributed by atoms with E-state index in [1.165, 1.54) is 4.57 Å². The molecule has 0 radical (unpaired) electrons. The monoisotopic (exact) mass is 299 g/mol. The second kappa shape index (κ2) is 4.67. The van der Waals surface area contributed by atoms with Crippen LogP contribution in [0.15, 0.2) is 51.6 Å². The standard InChI is InChI=1S/C13H9N5O2S/c19-13-18(8-10-7-17-4-5-21-12(17)15-10)11(16-20-13)9-2-1-3-14-6-9/h1-7H,8H2. The van der Waals surface area contributed by atoms with Crippen LogP contribution in [0.5, 0.6) is 0 Å². The Kier molecular flexibility index (Phi) is 2.68. The summed E-state index contributed by atoms with van der Waals surface area (Å²) >= 11 is 1.54. The quantitative estimate of drug-likeness (QED) is 0.575. The summed E-state index contributed by atoms with van der Waals surface area (Å²) in [6.45, 7) is 0.307. The molecular weight excluding hydrogens is 290 g/mol. The second-order valence-electron chi connectivity index (χ2n) is 4.43. The third kappa shape index (κ3) is 2.05. The smallest absolute Gasteiger partial charge is 0.297 e. The van der Waals surface area contributed by atoms with E-state index in [4.69, 9.17) is 4.52 Å². The van der Waals surface area contributed by atoms with Crippen LogP contribution in [0, 0.1) is 0 Å². The number of nitrogens with zero attached hydrogens (tertiary/aromatic N) is 5. The van der Waals surface area contributed by atoms with Gasteiger partial charge in [-0.1, -0.05) is 5.16 Å². The minimum absolute atomic E-state index is 0.307. The number of rotatable bonds is 3. The van der Waals surface area contributed by atoms with Gasteiger partial charge in [0.05, 0.1) is 12.2 Å². The Bertz CT molecular complexity index is 921. The molecule has 0 saturated heterocycles. The van der Waals surface area contributed by atoms with E-state index in [1.54, 1.807) is 29.8 Å². The summed E-state index contributed by atoms with van der Waals surface area (Å²) in [5, 5.41) is 5.78. The lowest BCUT2D eigenvalue weighted by Crippen LogP contribution is -2.16. The fourth-order valence-corrected chi connectivity index (χ4v) is 2.84. The predicted octanol–water partition coefficient (Wildman–Crippen LogP) is 1.66. The molecule has 0 saturated carbocycles. The van der Waals surface area contributed by atoms with E-state index in [2.05, 4.69) is 15.1 Å². The molecule has 0 atom stereocenters. The Labute approximate surface area is 122 Å². The van der Waals surface area contributed by atoms with Gasteiger partial charge in [-0.3, -0.25) is 18.5 Å². The van der Waals surface area contributed by atoms with Gasteiger partial charge in [0, 0.05) is 35.7 Å². The first-order valence-corrected chi connectivity index (χ1v) is 7.07. The maximum absolute atomic E-state index is 11.9. The van der Waals surface area contributed by atoms with Crippen molar-refractivity contribution in [2.75, 3.05) is 0 Å². The first-order valence-electron chi connectivity index (χ1n) is 6.19.